The summed E-state index contributed by atoms with van der Waals surface area (Å²) in [6.45, 7) is 10.4. The average Bonchev–Trinajstić information content (AvgIpc) is 3.26. The van der Waals surface area contributed by atoms with Gasteiger partial charge in [0.2, 0.25) is 0 Å². The number of anilines is 1. The molecule has 4 aromatic rings. The maximum atomic E-state index is 6.45. The second kappa shape index (κ2) is 9.97. The van der Waals surface area contributed by atoms with Crippen molar-refractivity contribution in [3.05, 3.63) is 72.5 Å². The van der Waals surface area contributed by atoms with E-state index in [0.29, 0.717) is 17.8 Å². The van der Waals surface area contributed by atoms with Gasteiger partial charge in [0.1, 0.15) is 22.9 Å². The van der Waals surface area contributed by atoms with E-state index < -0.39 is 0 Å². The Kier molecular flexibility index (Phi) is 6.50. The highest BCUT2D eigenvalue weighted by Gasteiger charge is 2.39. The van der Waals surface area contributed by atoms with Gasteiger partial charge in [0.05, 0.1) is 23.4 Å². The highest BCUT2D eigenvalue weighted by molar-refractivity contribution is 5.91. The Bertz CT molecular complexity index is 1540. The van der Waals surface area contributed by atoms with Crippen LogP contribution in [0.3, 0.4) is 0 Å². The van der Waals surface area contributed by atoms with Crippen molar-refractivity contribution in [1.29, 1.82) is 0 Å². The number of fused-ring (bicyclic) bond motifs is 2. The van der Waals surface area contributed by atoms with E-state index in [0.717, 1.165) is 70.7 Å². The van der Waals surface area contributed by atoms with Crippen LogP contribution in [0.2, 0.25) is 0 Å². The molecule has 7 heteroatoms. The number of morpholine rings is 1. The molecule has 2 N–H and O–H groups in total. The second-order valence-corrected chi connectivity index (χ2v) is 10.7. The molecule has 196 valence electrons. The number of imidazole rings is 1. The second-order valence-electron chi connectivity index (χ2n) is 10.7. The van der Waals surface area contributed by atoms with Gasteiger partial charge in [-0.3, -0.25) is 9.30 Å². The van der Waals surface area contributed by atoms with Gasteiger partial charge in [-0.1, -0.05) is 36.4 Å². The predicted molar refractivity (Wildman–Crippen MR) is 154 cm³/mol. The summed E-state index contributed by atoms with van der Waals surface area (Å²) in [6.07, 6.45) is 12.7. The molecular formula is C31H36N6O. The first-order valence-corrected chi connectivity index (χ1v) is 13.7. The largest absolute Gasteiger partial charge is 0.382 e. The zero-order valence-corrected chi connectivity index (χ0v) is 22.6. The van der Waals surface area contributed by atoms with E-state index in [-0.39, 0.29) is 12.2 Å². The van der Waals surface area contributed by atoms with E-state index in [1.54, 1.807) is 6.20 Å². The molecule has 0 bridgehead atoms. The van der Waals surface area contributed by atoms with Crippen molar-refractivity contribution in [3.63, 3.8) is 0 Å². The molecule has 3 aromatic heterocycles. The Morgan fingerprint density at radius 1 is 1.05 bits per heavy atom. The fourth-order valence-electron chi connectivity index (χ4n) is 6.12. The highest BCUT2D eigenvalue weighted by atomic mass is 16.5. The molecule has 0 unspecified atom stereocenters. The number of aromatic nitrogens is 4. The Labute approximate surface area is 224 Å². The van der Waals surface area contributed by atoms with Crippen molar-refractivity contribution < 1.29 is 4.74 Å². The highest BCUT2D eigenvalue weighted by Crippen LogP contribution is 2.42. The number of ether oxygens (including phenoxy) is 1. The zero-order valence-electron chi connectivity index (χ0n) is 22.6. The maximum absolute atomic E-state index is 6.45. The van der Waals surface area contributed by atoms with Crippen LogP contribution in [0.1, 0.15) is 58.0 Å². The topological polar surface area (TPSA) is 81.6 Å². The van der Waals surface area contributed by atoms with E-state index in [4.69, 9.17) is 20.4 Å². The summed E-state index contributed by atoms with van der Waals surface area (Å²) in [6, 6.07) is 11.1. The summed E-state index contributed by atoms with van der Waals surface area (Å²) in [5.74, 6) is 1.96. The molecular weight excluding hydrogens is 472 g/mol. The third-order valence-corrected chi connectivity index (χ3v) is 7.97. The summed E-state index contributed by atoms with van der Waals surface area (Å²) in [5.41, 5.74) is 12.2. The lowest BCUT2D eigenvalue weighted by atomic mass is 9.78. The quantitative estimate of drug-likeness (QED) is 0.340. The molecule has 1 saturated carbocycles. The van der Waals surface area contributed by atoms with E-state index in [2.05, 4.69) is 70.6 Å². The number of nitrogens with zero attached hydrogens (tertiary/aromatic N) is 5. The van der Waals surface area contributed by atoms with Crippen LogP contribution >= 0.6 is 0 Å². The van der Waals surface area contributed by atoms with Crippen molar-refractivity contribution >= 4 is 27.8 Å². The van der Waals surface area contributed by atoms with E-state index in [1.807, 2.05) is 26.1 Å². The molecule has 1 aliphatic carbocycles. The molecule has 4 heterocycles. The molecule has 0 amide bonds. The minimum absolute atomic E-state index is 0.284. The predicted octanol–water partition coefficient (Wildman–Crippen LogP) is 5.86. The Morgan fingerprint density at radius 3 is 2.55 bits per heavy atom. The van der Waals surface area contributed by atoms with Gasteiger partial charge in [0.25, 0.3) is 0 Å². The minimum Gasteiger partial charge on any atom is -0.382 e. The number of pyridine rings is 1. The Morgan fingerprint density at radius 2 is 1.82 bits per heavy atom. The smallest absolute Gasteiger partial charge is 0.150 e. The van der Waals surface area contributed by atoms with Gasteiger partial charge < -0.3 is 10.5 Å². The maximum Gasteiger partial charge on any atom is 0.150 e. The fourth-order valence-corrected chi connectivity index (χ4v) is 6.12. The molecule has 2 fully saturated rings. The number of nitrogen functional groups attached to an aromatic ring is 1. The first-order valence-electron chi connectivity index (χ1n) is 13.7. The number of allylic oxidation sites excluding steroid dienone is 4. The normalized spacial score (nSPS) is 24.9. The van der Waals surface area contributed by atoms with Crippen LogP contribution in [-0.4, -0.2) is 55.6 Å². The number of nitrogens with two attached hydrogens (primary N) is 1. The first-order chi connectivity index (χ1) is 18.4. The van der Waals surface area contributed by atoms with Crippen LogP contribution in [0.4, 0.5) is 5.82 Å². The molecule has 1 aliphatic heterocycles. The summed E-state index contributed by atoms with van der Waals surface area (Å²) in [5, 5.41) is 1.10. The van der Waals surface area contributed by atoms with Crippen molar-refractivity contribution in [3.8, 4) is 11.3 Å². The van der Waals surface area contributed by atoms with E-state index in [1.165, 1.54) is 0 Å². The van der Waals surface area contributed by atoms with Crippen molar-refractivity contribution in [2.45, 2.75) is 64.7 Å². The third-order valence-electron chi connectivity index (χ3n) is 7.97. The molecule has 0 spiro atoms. The van der Waals surface area contributed by atoms with Crippen LogP contribution in [0, 0.1) is 0 Å². The van der Waals surface area contributed by atoms with Crippen LogP contribution in [-0.2, 0) is 4.74 Å². The van der Waals surface area contributed by atoms with Crippen LogP contribution < -0.4 is 5.73 Å². The van der Waals surface area contributed by atoms with Gasteiger partial charge in [0, 0.05) is 48.4 Å². The van der Waals surface area contributed by atoms with Crippen molar-refractivity contribution in [2.24, 2.45) is 0 Å². The zero-order chi connectivity index (χ0) is 26.4. The van der Waals surface area contributed by atoms with Crippen LogP contribution in [0.25, 0.3) is 33.3 Å². The van der Waals surface area contributed by atoms with Crippen molar-refractivity contribution in [1.82, 2.24) is 24.3 Å². The average molecular weight is 509 g/mol. The summed E-state index contributed by atoms with van der Waals surface area (Å²) >= 11 is 0. The van der Waals surface area contributed by atoms with Crippen molar-refractivity contribution in [2.75, 3.05) is 18.8 Å². The van der Waals surface area contributed by atoms with Crippen LogP contribution in [0.15, 0.2) is 61.0 Å². The van der Waals surface area contributed by atoms with Gasteiger partial charge in [0.15, 0.2) is 0 Å². The molecule has 7 nitrogen and oxygen atoms in total. The minimum atomic E-state index is 0.284. The fraction of sp³-hybridized carbons (Fsp3) is 0.387. The molecule has 1 saturated heterocycles. The lowest BCUT2D eigenvalue weighted by molar-refractivity contribution is -0.0920. The molecule has 38 heavy (non-hydrogen) atoms. The monoisotopic (exact) mass is 508 g/mol. The van der Waals surface area contributed by atoms with Gasteiger partial charge >= 0.3 is 0 Å². The SMILES string of the molecule is C/C=C\C(=C/C)c1ccc2ccc(-c3nc([C@H]4C[C@@H](N5C[C@@H](C)O[C@@H](C)C5)C4)n4ccnc(N)c34)cc2n1. The lowest BCUT2D eigenvalue weighted by Gasteiger charge is -2.46. The van der Waals surface area contributed by atoms with Crippen LogP contribution in [0.5, 0.6) is 0 Å². The summed E-state index contributed by atoms with van der Waals surface area (Å²) in [7, 11) is 0. The summed E-state index contributed by atoms with van der Waals surface area (Å²) < 4.78 is 8.10. The van der Waals surface area contributed by atoms with Gasteiger partial charge in [-0.05, 0) is 58.2 Å². The molecule has 2 aliphatic rings. The Balaban J connectivity index is 1.35. The van der Waals surface area contributed by atoms with E-state index >= 15 is 0 Å². The van der Waals surface area contributed by atoms with Gasteiger partial charge in [-0.15, -0.1) is 0 Å². The van der Waals surface area contributed by atoms with Gasteiger partial charge in [-0.25, -0.2) is 15.0 Å². The standard InChI is InChI=1S/C31H36N6O/c1-5-7-21(6-2)26-11-10-22-8-9-23(16-27(22)34-26)28-29-30(32)33-12-13-37(29)31(35-28)24-14-25(15-24)36-17-19(3)38-20(4)18-36/h5-13,16,19-20,24-25H,14-15,17-18H2,1-4H3,(H2,32,33)/b7-5-,21-6+/t19-,20+,24-,25+. The Hall–Kier alpha value is -3.55. The molecule has 6 rings (SSSR count). The number of hydrogen-bond donors (Lipinski definition) is 1. The summed E-state index contributed by atoms with van der Waals surface area (Å²) in [4.78, 5) is 17.2. The lowest BCUT2D eigenvalue weighted by Crippen LogP contribution is -2.53. The molecule has 2 atom stereocenters. The number of rotatable bonds is 5. The van der Waals surface area contributed by atoms with E-state index in [9.17, 15) is 0 Å². The third kappa shape index (κ3) is 4.40. The first kappa shape index (κ1) is 24.8. The number of hydrogen-bond acceptors (Lipinski definition) is 6. The number of benzene rings is 1. The van der Waals surface area contributed by atoms with Gasteiger partial charge in [-0.2, -0.15) is 0 Å². The molecule has 1 aromatic carbocycles. The molecule has 0 radical (unpaired) electrons.